The lowest BCUT2D eigenvalue weighted by Gasteiger charge is -2.11. The molecule has 0 bridgehead atoms. The highest BCUT2D eigenvalue weighted by molar-refractivity contribution is 7.89. The van der Waals surface area contributed by atoms with E-state index in [0.29, 0.717) is 18.0 Å². The lowest BCUT2D eigenvalue weighted by atomic mass is 10.3. The van der Waals surface area contributed by atoms with Crippen molar-refractivity contribution in [2.24, 2.45) is 5.14 Å². The molecule has 0 atom stereocenters. The Bertz CT molecular complexity index is 724. The van der Waals surface area contributed by atoms with Crippen LogP contribution in [-0.4, -0.2) is 15.5 Å². The number of thiophene rings is 1. The van der Waals surface area contributed by atoms with Crippen molar-refractivity contribution in [3.8, 4) is 5.75 Å². The smallest absolute Gasteiger partial charge is 0.238 e. The summed E-state index contributed by atoms with van der Waals surface area (Å²) in [5.74, 6) is 0.578. The van der Waals surface area contributed by atoms with Crippen molar-refractivity contribution < 1.29 is 13.2 Å². The SMILES string of the molecule is CCc1ccc(CNc2cc(S(N)(=O)=O)ccc2OC)s1. The summed E-state index contributed by atoms with van der Waals surface area (Å²) >= 11 is 1.73. The van der Waals surface area contributed by atoms with Crippen molar-refractivity contribution in [2.75, 3.05) is 12.4 Å². The van der Waals surface area contributed by atoms with Crippen molar-refractivity contribution >= 4 is 27.0 Å². The summed E-state index contributed by atoms with van der Waals surface area (Å²) in [4.78, 5) is 2.55. The Morgan fingerprint density at radius 3 is 2.52 bits per heavy atom. The number of anilines is 1. The Labute approximate surface area is 128 Å². The standard InChI is InChI=1S/C14H18N2O3S2/c1-3-10-4-5-11(20-10)9-16-13-8-12(21(15,17)18)6-7-14(13)19-2/h4-8,16H,3,9H2,1-2H3,(H2,15,17,18). The molecule has 21 heavy (non-hydrogen) atoms. The average molecular weight is 326 g/mol. The fourth-order valence-electron chi connectivity index (χ4n) is 1.89. The number of nitrogens with two attached hydrogens (primary N) is 1. The van der Waals surface area contributed by atoms with Crippen LogP contribution in [0.25, 0.3) is 0 Å². The quantitative estimate of drug-likeness (QED) is 0.855. The zero-order chi connectivity index (χ0) is 15.5. The molecule has 0 saturated heterocycles. The number of benzene rings is 1. The first-order chi connectivity index (χ1) is 9.94. The number of ether oxygens (including phenoxy) is 1. The molecule has 0 amide bonds. The largest absolute Gasteiger partial charge is 0.495 e. The summed E-state index contributed by atoms with van der Waals surface area (Å²) in [6, 6.07) is 8.67. The Balaban J connectivity index is 2.21. The highest BCUT2D eigenvalue weighted by atomic mass is 32.2. The molecular formula is C14H18N2O3S2. The van der Waals surface area contributed by atoms with Gasteiger partial charge < -0.3 is 10.1 Å². The van der Waals surface area contributed by atoms with E-state index in [-0.39, 0.29) is 4.90 Å². The van der Waals surface area contributed by atoms with E-state index in [1.54, 1.807) is 17.4 Å². The monoisotopic (exact) mass is 326 g/mol. The van der Waals surface area contributed by atoms with Gasteiger partial charge >= 0.3 is 0 Å². The van der Waals surface area contributed by atoms with Gasteiger partial charge in [-0.1, -0.05) is 6.92 Å². The van der Waals surface area contributed by atoms with Gasteiger partial charge in [-0.2, -0.15) is 0 Å². The zero-order valence-corrected chi connectivity index (χ0v) is 13.6. The molecule has 2 rings (SSSR count). The van der Waals surface area contributed by atoms with Crippen LogP contribution in [0.15, 0.2) is 35.2 Å². The highest BCUT2D eigenvalue weighted by Gasteiger charge is 2.12. The number of aryl methyl sites for hydroxylation is 1. The molecule has 1 heterocycles. The van der Waals surface area contributed by atoms with E-state index in [4.69, 9.17) is 9.88 Å². The van der Waals surface area contributed by atoms with Crippen molar-refractivity contribution in [3.05, 3.63) is 40.1 Å². The van der Waals surface area contributed by atoms with Gasteiger partial charge in [0, 0.05) is 16.3 Å². The molecule has 1 aromatic heterocycles. The molecular weight excluding hydrogens is 308 g/mol. The van der Waals surface area contributed by atoms with Crippen LogP contribution < -0.4 is 15.2 Å². The van der Waals surface area contributed by atoms with Gasteiger partial charge in [0.1, 0.15) is 5.75 Å². The first-order valence-electron chi connectivity index (χ1n) is 6.46. The van der Waals surface area contributed by atoms with Gasteiger partial charge in [-0.3, -0.25) is 0 Å². The lowest BCUT2D eigenvalue weighted by Crippen LogP contribution is -2.12. The molecule has 7 heteroatoms. The second-order valence-corrected chi connectivity index (χ2v) is 7.30. The summed E-state index contributed by atoms with van der Waals surface area (Å²) in [6.45, 7) is 2.72. The second kappa shape index (κ2) is 6.46. The summed E-state index contributed by atoms with van der Waals surface area (Å²) in [7, 11) is -2.19. The number of hydrogen-bond acceptors (Lipinski definition) is 5. The predicted octanol–water partition coefficient (Wildman–Crippen LogP) is 2.58. The van der Waals surface area contributed by atoms with Gasteiger partial charge in [0.05, 0.1) is 17.7 Å². The number of methoxy groups -OCH3 is 1. The van der Waals surface area contributed by atoms with E-state index < -0.39 is 10.0 Å². The highest BCUT2D eigenvalue weighted by Crippen LogP contribution is 2.28. The molecule has 0 unspecified atom stereocenters. The molecule has 0 aliphatic heterocycles. The topological polar surface area (TPSA) is 81.4 Å². The predicted molar refractivity (Wildman–Crippen MR) is 85.4 cm³/mol. The molecule has 0 fully saturated rings. The Hall–Kier alpha value is -1.57. The van der Waals surface area contributed by atoms with E-state index in [9.17, 15) is 8.42 Å². The molecule has 0 radical (unpaired) electrons. The van der Waals surface area contributed by atoms with E-state index in [2.05, 4.69) is 24.4 Å². The second-order valence-electron chi connectivity index (χ2n) is 4.48. The van der Waals surface area contributed by atoms with Crippen LogP contribution in [0.1, 0.15) is 16.7 Å². The minimum absolute atomic E-state index is 0.0613. The number of sulfonamides is 1. The molecule has 114 valence electrons. The zero-order valence-electron chi connectivity index (χ0n) is 11.9. The summed E-state index contributed by atoms with van der Waals surface area (Å²) in [6.07, 6.45) is 1.01. The summed E-state index contributed by atoms with van der Waals surface area (Å²) in [5.41, 5.74) is 0.607. The molecule has 3 N–H and O–H groups in total. The summed E-state index contributed by atoms with van der Waals surface area (Å²) < 4.78 is 28.1. The van der Waals surface area contributed by atoms with Crippen LogP contribution >= 0.6 is 11.3 Å². The van der Waals surface area contributed by atoms with Crippen LogP contribution in [0.4, 0.5) is 5.69 Å². The van der Waals surface area contributed by atoms with E-state index in [1.807, 2.05) is 0 Å². The third-order valence-electron chi connectivity index (χ3n) is 3.02. The maximum Gasteiger partial charge on any atom is 0.238 e. The first-order valence-corrected chi connectivity index (χ1v) is 8.82. The number of nitrogens with one attached hydrogen (secondary N) is 1. The third kappa shape index (κ3) is 3.96. The van der Waals surface area contributed by atoms with Gasteiger partial charge in [0.15, 0.2) is 0 Å². The fraction of sp³-hybridized carbons (Fsp3) is 0.286. The molecule has 0 spiro atoms. The first kappa shape index (κ1) is 15.8. The van der Waals surface area contributed by atoms with Crippen molar-refractivity contribution in [2.45, 2.75) is 24.8 Å². The van der Waals surface area contributed by atoms with Crippen molar-refractivity contribution in [3.63, 3.8) is 0 Å². The third-order valence-corrected chi connectivity index (χ3v) is 5.16. The van der Waals surface area contributed by atoms with Crippen LogP contribution in [0, 0.1) is 0 Å². The molecule has 0 aliphatic carbocycles. The van der Waals surface area contributed by atoms with E-state index in [0.717, 1.165) is 6.42 Å². The molecule has 5 nitrogen and oxygen atoms in total. The van der Waals surface area contributed by atoms with Crippen LogP contribution in [0.5, 0.6) is 5.75 Å². The lowest BCUT2D eigenvalue weighted by molar-refractivity contribution is 0.416. The van der Waals surface area contributed by atoms with Crippen molar-refractivity contribution in [1.29, 1.82) is 0 Å². The number of rotatable bonds is 6. The van der Waals surface area contributed by atoms with Gasteiger partial charge in [-0.25, -0.2) is 13.6 Å². The molecule has 2 aromatic rings. The van der Waals surface area contributed by atoms with E-state index in [1.165, 1.54) is 29.0 Å². The normalized spacial score (nSPS) is 11.4. The molecule has 0 saturated carbocycles. The van der Waals surface area contributed by atoms with Gasteiger partial charge in [-0.05, 0) is 36.8 Å². The van der Waals surface area contributed by atoms with Gasteiger partial charge in [-0.15, -0.1) is 11.3 Å². The van der Waals surface area contributed by atoms with Crippen LogP contribution in [0.2, 0.25) is 0 Å². The van der Waals surface area contributed by atoms with Gasteiger partial charge in [0.2, 0.25) is 10.0 Å². The Kier molecular flexibility index (Phi) is 4.87. The van der Waals surface area contributed by atoms with Crippen LogP contribution in [-0.2, 0) is 23.0 Å². The number of primary sulfonamides is 1. The summed E-state index contributed by atoms with van der Waals surface area (Å²) in [5, 5.41) is 8.35. The molecule has 1 aromatic carbocycles. The van der Waals surface area contributed by atoms with Crippen molar-refractivity contribution in [1.82, 2.24) is 0 Å². The Morgan fingerprint density at radius 1 is 1.24 bits per heavy atom. The maximum atomic E-state index is 11.4. The molecule has 0 aliphatic rings. The minimum atomic E-state index is -3.73. The van der Waals surface area contributed by atoms with Gasteiger partial charge in [0.25, 0.3) is 0 Å². The fourth-order valence-corrected chi connectivity index (χ4v) is 3.33. The van der Waals surface area contributed by atoms with Crippen LogP contribution in [0.3, 0.4) is 0 Å². The maximum absolute atomic E-state index is 11.4. The average Bonchev–Trinajstić information content (AvgIpc) is 2.91. The van der Waals surface area contributed by atoms with E-state index >= 15 is 0 Å². The Morgan fingerprint density at radius 2 is 1.95 bits per heavy atom. The minimum Gasteiger partial charge on any atom is -0.495 e. The number of hydrogen-bond donors (Lipinski definition) is 2.